The summed E-state index contributed by atoms with van der Waals surface area (Å²) < 4.78 is 31.6. The molecular formula is C17H20N4O2S3. The third kappa shape index (κ3) is 4.88. The van der Waals surface area contributed by atoms with Gasteiger partial charge in [0.2, 0.25) is 15.2 Å². The fourth-order valence-electron chi connectivity index (χ4n) is 2.35. The summed E-state index contributed by atoms with van der Waals surface area (Å²) in [6.45, 7) is 4.24. The van der Waals surface area contributed by atoms with E-state index in [0.29, 0.717) is 15.8 Å². The Morgan fingerprint density at radius 2 is 2.00 bits per heavy atom. The molecule has 9 heteroatoms. The number of nitrogens with zero attached hydrogens (tertiary/aromatic N) is 2. The summed E-state index contributed by atoms with van der Waals surface area (Å²) in [6, 6.07) is 11.4. The summed E-state index contributed by atoms with van der Waals surface area (Å²) in [5.74, 6) is 0.762. The van der Waals surface area contributed by atoms with E-state index in [0.717, 1.165) is 5.82 Å². The van der Waals surface area contributed by atoms with Crippen molar-refractivity contribution < 1.29 is 8.42 Å². The molecule has 26 heavy (non-hydrogen) atoms. The highest BCUT2D eigenvalue weighted by molar-refractivity contribution is 7.91. The Bertz CT molecular complexity index is 952. The second-order valence-electron chi connectivity index (χ2n) is 5.95. The van der Waals surface area contributed by atoms with Crippen LogP contribution in [-0.2, 0) is 16.4 Å². The summed E-state index contributed by atoms with van der Waals surface area (Å²) in [4.78, 5) is 4.50. The average Bonchev–Trinajstić information content (AvgIpc) is 3.28. The maximum absolute atomic E-state index is 12.1. The van der Waals surface area contributed by atoms with E-state index in [1.165, 1.54) is 34.0 Å². The third-order valence-electron chi connectivity index (χ3n) is 3.79. The molecule has 0 amide bonds. The van der Waals surface area contributed by atoms with Gasteiger partial charge in [-0.25, -0.2) is 18.1 Å². The number of aromatic nitrogens is 2. The lowest BCUT2D eigenvalue weighted by molar-refractivity contribution is 0.579. The predicted octanol–water partition coefficient (Wildman–Crippen LogP) is 3.28. The molecule has 6 nitrogen and oxygen atoms in total. The van der Waals surface area contributed by atoms with Gasteiger partial charge in [-0.2, -0.15) is 4.37 Å². The van der Waals surface area contributed by atoms with Crippen molar-refractivity contribution >= 4 is 38.0 Å². The van der Waals surface area contributed by atoms with E-state index in [4.69, 9.17) is 0 Å². The molecule has 2 heterocycles. The first kappa shape index (κ1) is 19.0. The van der Waals surface area contributed by atoms with Gasteiger partial charge in [-0.3, -0.25) is 0 Å². The lowest BCUT2D eigenvalue weighted by Gasteiger charge is -2.13. The van der Waals surface area contributed by atoms with Gasteiger partial charge < -0.3 is 5.32 Å². The zero-order valence-corrected chi connectivity index (χ0v) is 16.9. The van der Waals surface area contributed by atoms with Gasteiger partial charge in [0.05, 0.1) is 0 Å². The largest absolute Gasteiger partial charge is 0.357 e. The molecule has 1 unspecified atom stereocenters. The highest BCUT2D eigenvalue weighted by Gasteiger charge is 2.16. The molecule has 2 aromatic heterocycles. The van der Waals surface area contributed by atoms with E-state index in [2.05, 4.69) is 38.5 Å². The quantitative estimate of drug-likeness (QED) is 0.598. The molecule has 2 N–H and O–H groups in total. The van der Waals surface area contributed by atoms with Crippen LogP contribution in [-0.4, -0.2) is 30.4 Å². The lowest BCUT2D eigenvalue weighted by atomic mass is 10.1. The molecule has 138 valence electrons. The van der Waals surface area contributed by atoms with Crippen LogP contribution in [0.2, 0.25) is 0 Å². The number of nitrogens with one attached hydrogen (secondary N) is 2. The number of hydrogen-bond acceptors (Lipinski definition) is 7. The Labute approximate surface area is 161 Å². The molecule has 0 saturated carbocycles. The average molecular weight is 409 g/mol. The molecule has 3 rings (SSSR count). The summed E-state index contributed by atoms with van der Waals surface area (Å²) in [7, 11) is -3.45. The molecule has 0 bridgehead atoms. The zero-order valence-electron chi connectivity index (χ0n) is 14.5. The van der Waals surface area contributed by atoms with Crippen LogP contribution in [0.15, 0.2) is 46.0 Å². The van der Waals surface area contributed by atoms with E-state index in [9.17, 15) is 8.42 Å². The highest BCUT2D eigenvalue weighted by atomic mass is 32.2. The Balaban J connectivity index is 1.55. The SMILES string of the molecule is Cc1ccccc1Cc1nsc(NC(C)CNS(=O)(=O)c2cccs2)n1. The lowest BCUT2D eigenvalue weighted by Crippen LogP contribution is -2.34. The van der Waals surface area contributed by atoms with Gasteiger partial charge in [0.1, 0.15) is 10.0 Å². The van der Waals surface area contributed by atoms with Crippen LogP contribution in [0, 0.1) is 6.92 Å². The molecule has 0 aliphatic rings. The van der Waals surface area contributed by atoms with E-state index in [-0.39, 0.29) is 12.6 Å². The number of rotatable bonds is 8. The minimum atomic E-state index is -3.45. The van der Waals surface area contributed by atoms with Crippen LogP contribution < -0.4 is 10.0 Å². The first-order valence-electron chi connectivity index (χ1n) is 8.11. The number of benzene rings is 1. The van der Waals surface area contributed by atoms with Crippen molar-refractivity contribution in [2.24, 2.45) is 0 Å². The normalized spacial score (nSPS) is 12.8. The van der Waals surface area contributed by atoms with E-state index in [1.54, 1.807) is 17.5 Å². The summed E-state index contributed by atoms with van der Waals surface area (Å²) >= 11 is 2.49. The van der Waals surface area contributed by atoms with Crippen LogP contribution in [0.25, 0.3) is 0 Å². The van der Waals surface area contributed by atoms with Crippen molar-refractivity contribution in [3.8, 4) is 0 Å². The van der Waals surface area contributed by atoms with Gasteiger partial charge in [-0.05, 0) is 36.4 Å². The van der Waals surface area contributed by atoms with Gasteiger partial charge in [-0.15, -0.1) is 11.3 Å². The second-order valence-corrected chi connectivity index (χ2v) is 9.64. The molecule has 1 aromatic carbocycles. The van der Waals surface area contributed by atoms with Crippen LogP contribution in [0.1, 0.15) is 23.9 Å². The molecule has 0 aliphatic heterocycles. The standard InChI is InChI=1S/C17H20N4O2S3/c1-12-6-3-4-7-14(12)10-15-20-17(25-21-15)19-13(2)11-18-26(22,23)16-8-5-9-24-16/h3-9,13,18H,10-11H2,1-2H3,(H,19,20,21). The van der Waals surface area contributed by atoms with Gasteiger partial charge in [0, 0.05) is 30.5 Å². The van der Waals surface area contributed by atoms with Crippen LogP contribution in [0.5, 0.6) is 0 Å². The number of hydrogen-bond donors (Lipinski definition) is 2. The second kappa shape index (κ2) is 8.26. The Kier molecular flexibility index (Phi) is 6.02. The van der Waals surface area contributed by atoms with Crippen molar-refractivity contribution in [3.05, 3.63) is 58.7 Å². The fraction of sp³-hybridized carbons (Fsp3) is 0.294. The molecule has 0 radical (unpaired) electrons. The molecule has 0 spiro atoms. The Hall–Kier alpha value is -1.81. The Morgan fingerprint density at radius 1 is 1.19 bits per heavy atom. The highest BCUT2D eigenvalue weighted by Crippen LogP contribution is 2.18. The van der Waals surface area contributed by atoms with Crippen molar-refractivity contribution in [2.75, 3.05) is 11.9 Å². The molecule has 0 aliphatic carbocycles. The molecule has 3 aromatic rings. The maximum atomic E-state index is 12.1. The fourth-order valence-corrected chi connectivity index (χ4v) is 5.21. The maximum Gasteiger partial charge on any atom is 0.250 e. The summed E-state index contributed by atoms with van der Waals surface area (Å²) in [5.41, 5.74) is 2.42. The number of anilines is 1. The minimum absolute atomic E-state index is 0.107. The molecule has 1 atom stereocenters. The predicted molar refractivity (Wildman–Crippen MR) is 106 cm³/mol. The Morgan fingerprint density at radius 3 is 2.73 bits per heavy atom. The minimum Gasteiger partial charge on any atom is -0.357 e. The van der Waals surface area contributed by atoms with Crippen LogP contribution in [0.4, 0.5) is 5.13 Å². The smallest absolute Gasteiger partial charge is 0.250 e. The molecule has 0 fully saturated rings. The topological polar surface area (TPSA) is 84.0 Å². The van der Waals surface area contributed by atoms with Crippen molar-refractivity contribution in [1.29, 1.82) is 0 Å². The van der Waals surface area contributed by atoms with Gasteiger partial charge >= 0.3 is 0 Å². The first-order valence-corrected chi connectivity index (χ1v) is 11.2. The first-order chi connectivity index (χ1) is 12.4. The van der Waals surface area contributed by atoms with Crippen LogP contribution in [0.3, 0.4) is 0 Å². The van der Waals surface area contributed by atoms with E-state index >= 15 is 0 Å². The zero-order chi connectivity index (χ0) is 18.6. The summed E-state index contributed by atoms with van der Waals surface area (Å²) in [5, 5.41) is 5.64. The van der Waals surface area contributed by atoms with E-state index < -0.39 is 10.0 Å². The number of aryl methyl sites for hydroxylation is 1. The van der Waals surface area contributed by atoms with Crippen molar-refractivity contribution in [3.63, 3.8) is 0 Å². The van der Waals surface area contributed by atoms with Crippen molar-refractivity contribution in [2.45, 2.75) is 30.5 Å². The monoisotopic (exact) mass is 408 g/mol. The van der Waals surface area contributed by atoms with Gasteiger partial charge in [0.15, 0.2) is 0 Å². The van der Waals surface area contributed by atoms with E-state index in [1.807, 2.05) is 19.1 Å². The number of thiophene rings is 1. The third-order valence-corrected chi connectivity index (χ3v) is 7.29. The molecule has 0 saturated heterocycles. The van der Waals surface area contributed by atoms with Crippen LogP contribution >= 0.6 is 22.9 Å². The summed E-state index contributed by atoms with van der Waals surface area (Å²) in [6.07, 6.45) is 0.685. The molecular weight excluding hydrogens is 388 g/mol. The van der Waals surface area contributed by atoms with Gasteiger partial charge in [-0.1, -0.05) is 30.3 Å². The van der Waals surface area contributed by atoms with Gasteiger partial charge in [0.25, 0.3) is 0 Å². The van der Waals surface area contributed by atoms with Crippen molar-refractivity contribution in [1.82, 2.24) is 14.1 Å². The number of sulfonamides is 1.